The van der Waals surface area contributed by atoms with Gasteiger partial charge in [-0.15, -0.1) is 11.3 Å². The highest BCUT2D eigenvalue weighted by molar-refractivity contribution is 7.17. The van der Waals surface area contributed by atoms with Gasteiger partial charge < -0.3 is 10.5 Å². The highest BCUT2D eigenvalue weighted by Gasteiger charge is 2.30. The molecule has 0 aliphatic heterocycles. The molecular formula is C26H25ClF2N2O4S. The monoisotopic (exact) mass is 534 g/mol. The smallest absolute Gasteiger partial charge is 0.356 e. The van der Waals surface area contributed by atoms with Crippen LogP contribution in [0.4, 0.5) is 8.78 Å². The predicted molar refractivity (Wildman–Crippen MR) is 135 cm³/mol. The van der Waals surface area contributed by atoms with E-state index in [1.165, 1.54) is 36.4 Å². The minimum Gasteiger partial charge on any atom is -0.388 e. The lowest BCUT2D eigenvalue weighted by molar-refractivity contribution is -0.141. The van der Waals surface area contributed by atoms with Crippen LogP contribution in [0.25, 0.3) is 10.4 Å². The Kier molecular flexibility index (Phi) is 8.94. The molecule has 1 heterocycles. The van der Waals surface area contributed by atoms with Gasteiger partial charge in [0.25, 0.3) is 0 Å². The summed E-state index contributed by atoms with van der Waals surface area (Å²) < 4.78 is 31.8. The molecule has 1 atom stereocenters. The number of amides is 1. The molecule has 1 amide bonds. The van der Waals surface area contributed by atoms with Gasteiger partial charge in [-0.2, -0.15) is 0 Å². The van der Waals surface area contributed by atoms with Crippen molar-refractivity contribution in [3.63, 3.8) is 0 Å². The third-order valence-electron chi connectivity index (χ3n) is 5.29. The number of hydrogen-bond acceptors (Lipinski definition) is 6. The number of nitrogens with one attached hydrogen (secondary N) is 1. The molecule has 190 valence electrons. The Balaban J connectivity index is 1.70. The van der Waals surface area contributed by atoms with E-state index in [1.807, 2.05) is 13.8 Å². The molecular weight excluding hydrogens is 510 g/mol. The van der Waals surface area contributed by atoms with Crippen LogP contribution in [0.2, 0.25) is 5.02 Å². The SMILES string of the molecule is CC(C)(Cc1ccc(F)cc1)N[C@@H](CCC(N)=O)C(=O)OC(=O)c1ccc(-c2ccc(F)c(Cl)c2)s1. The lowest BCUT2D eigenvalue weighted by atomic mass is 9.93. The number of primary amides is 1. The summed E-state index contributed by atoms with van der Waals surface area (Å²) in [6.07, 6.45) is 0.371. The van der Waals surface area contributed by atoms with E-state index in [4.69, 9.17) is 22.1 Å². The number of nitrogens with two attached hydrogens (primary N) is 1. The molecule has 3 N–H and O–H groups in total. The number of thiophene rings is 1. The molecule has 0 radical (unpaired) electrons. The summed E-state index contributed by atoms with van der Waals surface area (Å²) >= 11 is 6.90. The van der Waals surface area contributed by atoms with Crippen LogP contribution in [-0.2, 0) is 20.7 Å². The van der Waals surface area contributed by atoms with E-state index in [1.54, 1.807) is 18.2 Å². The number of carbonyl (C=O) groups is 3. The first kappa shape index (κ1) is 27.4. The third-order valence-corrected chi connectivity index (χ3v) is 6.70. The Labute approximate surface area is 216 Å². The van der Waals surface area contributed by atoms with Crippen LogP contribution < -0.4 is 11.1 Å². The molecule has 0 aliphatic rings. The number of esters is 2. The Hall–Kier alpha value is -3.14. The van der Waals surface area contributed by atoms with Crippen LogP contribution in [0, 0.1) is 11.6 Å². The summed E-state index contributed by atoms with van der Waals surface area (Å²) in [5.41, 5.74) is 6.04. The van der Waals surface area contributed by atoms with Crippen LogP contribution in [0.1, 0.15) is 41.9 Å². The van der Waals surface area contributed by atoms with Crippen molar-refractivity contribution in [3.05, 3.63) is 81.7 Å². The summed E-state index contributed by atoms with van der Waals surface area (Å²) in [6, 6.07) is 12.3. The van der Waals surface area contributed by atoms with Gasteiger partial charge in [0.15, 0.2) is 0 Å². The van der Waals surface area contributed by atoms with Gasteiger partial charge in [0, 0.05) is 16.8 Å². The molecule has 1 aromatic heterocycles. The zero-order valence-corrected chi connectivity index (χ0v) is 21.2. The minimum absolute atomic E-state index is 0.0259. The Morgan fingerprint density at radius 2 is 1.78 bits per heavy atom. The fourth-order valence-electron chi connectivity index (χ4n) is 3.64. The summed E-state index contributed by atoms with van der Waals surface area (Å²) in [5.74, 6) is -3.22. The van der Waals surface area contributed by atoms with Crippen LogP contribution >= 0.6 is 22.9 Å². The van der Waals surface area contributed by atoms with Gasteiger partial charge in [-0.05, 0) is 74.2 Å². The molecule has 0 bridgehead atoms. The van der Waals surface area contributed by atoms with Gasteiger partial charge in [0.2, 0.25) is 5.91 Å². The molecule has 0 saturated carbocycles. The molecule has 3 aromatic rings. The summed E-state index contributed by atoms with van der Waals surface area (Å²) in [5, 5.41) is 3.09. The fourth-order valence-corrected chi connectivity index (χ4v) is 4.70. The molecule has 0 spiro atoms. The van der Waals surface area contributed by atoms with E-state index in [0.29, 0.717) is 16.9 Å². The maximum absolute atomic E-state index is 13.4. The van der Waals surface area contributed by atoms with Gasteiger partial charge >= 0.3 is 11.9 Å². The van der Waals surface area contributed by atoms with Crippen molar-refractivity contribution in [2.75, 3.05) is 0 Å². The van der Waals surface area contributed by atoms with Crippen molar-refractivity contribution in [3.8, 4) is 10.4 Å². The maximum atomic E-state index is 13.4. The van der Waals surface area contributed by atoms with Crippen molar-refractivity contribution in [2.45, 2.75) is 44.7 Å². The first-order valence-corrected chi connectivity index (χ1v) is 12.2. The number of benzene rings is 2. The summed E-state index contributed by atoms with van der Waals surface area (Å²) in [7, 11) is 0. The number of carbonyl (C=O) groups excluding carboxylic acids is 3. The van der Waals surface area contributed by atoms with E-state index < -0.39 is 35.2 Å². The van der Waals surface area contributed by atoms with Gasteiger partial charge in [0.1, 0.15) is 22.6 Å². The minimum atomic E-state index is -0.993. The lowest BCUT2D eigenvalue weighted by Gasteiger charge is -2.31. The number of hydrogen-bond donors (Lipinski definition) is 2. The van der Waals surface area contributed by atoms with Crippen molar-refractivity contribution < 1.29 is 27.9 Å². The largest absolute Gasteiger partial charge is 0.388 e. The average Bonchev–Trinajstić information content (AvgIpc) is 3.30. The summed E-state index contributed by atoms with van der Waals surface area (Å²) in [6.45, 7) is 3.67. The lowest BCUT2D eigenvalue weighted by Crippen LogP contribution is -2.51. The topological polar surface area (TPSA) is 98.5 Å². The van der Waals surface area contributed by atoms with Crippen molar-refractivity contribution in [1.29, 1.82) is 0 Å². The second kappa shape index (κ2) is 11.7. The van der Waals surface area contributed by atoms with Crippen molar-refractivity contribution >= 4 is 40.8 Å². The van der Waals surface area contributed by atoms with Crippen molar-refractivity contribution in [1.82, 2.24) is 5.32 Å². The normalized spacial score (nSPS) is 12.2. The standard InChI is InChI=1S/C26H25ClF2N2O4S/c1-26(2,14-15-3-6-17(28)7-4-15)31-20(9-12-23(30)32)24(33)35-25(34)22-11-10-21(36-22)16-5-8-19(29)18(27)13-16/h3-8,10-11,13,20,31H,9,12,14H2,1-2H3,(H2,30,32)/t20-/m0/s1. The Morgan fingerprint density at radius 3 is 2.42 bits per heavy atom. The quantitative estimate of drug-likeness (QED) is 0.272. The number of ether oxygens (including phenoxy) is 1. The molecule has 2 aromatic carbocycles. The molecule has 0 saturated heterocycles. The van der Waals surface area contributed by atoms with Gasteiger partial charge in [-0.25, -0.2) is 18.4 Å². The molecule has 10 heteroatoms. The average molecular weight is 535 g/mol. The van der Waals surface area contributed by atoms with E-state index in [9.17, 15) is 23.2 Å². The maximum Gasteiger partial charge on any atom is 0.356 e. The molecule has 0 aliphatic carbocycles. The van der Waals surface area contributed by atoms with Gasteiger partial charge in [-0.3, -0.25) is 10.1 Å². The molecule has 36 heavy (non-hydrogen) atoms. The Bertz CT molecular complexity index is 1260. The second-order valence-electron chi connectivity index (χ2n) is 8.89. The molecule has 6 nitrogen and oxygen atoms in total. The second-order valence-corrected chi connectivity index (χ2v) is 10.4. The first-order valence-electron chi connectivity index (χ1n) is 11.1. The van der Waals surface area contributed by atoms with Crippen LogP contribution in [-0.4, -0.2) is 29.4 Å². The first-order chi connectivity index (χ1) is 16.9. The highest BCUT2D eigenvalue weighted by Crippen LogP contribution is 2.31. The molecule has 0 unspecified atom stereocenters. The fraction of sp³-hybridized carbons (Fsp3) is 0.269. The van der Waals surface area contributed by atoms with Crippen molar-refractivity contribution in [2.24, 2.45) is 5.73 Å². The van der Waals surface area contributed by atoms with E-state index in [2.05, 4.69) is 5.32 Å². The number of halogens is 3. The Morgan fingerprint density at radius 1 is 1.08 bits per heavy atom. The van der Waals surface area contributed by atoms with Gasteiger partial charge in [-0.1, -0.05) is 29.8 Å². The van der Waals surface area contributed by atoms with Crippen LogP contribution in [0.15, 0.2) is 54.6 Å². The third kappa shape index (κ3) is 7.68. The van der Waals surface area contributed by atoms with Gasteiger partial charge in [0.05, 0.1) is 5.02 Å². The molecule has 0 fully saturated rings. The summed E-state index contributed by atoms with van der Waals surface area (Å²) in [4.78, 5) is 37.7. The number of rotatable bonds is 10. The van der Waals surface area contributed by atoms with Crippen LogP contribution in [0.3, 0.4) is 0 Å². The molecule has 3 rings (SSSR count). The van der Waals surface area contributed by atoms with Crippen LogP contribution in [0.5, 0.6) is 0 Å². The van der Waals surface area contributed by atoms with E-state index in [0.717, 1.165) is 16.9 Å². The highest BCUT2D eigenvalue weighted by atomic mass is 35.5. The zero-order chi connectivity index (χ0) is 26.5. The van der Waals surface area contributed by atoms with E-state index in [-0.39, 0.29) is 28.6 Å². The zero-order valence-electron chi connectivity index (χ0n) is 19.6. The van der Waals surface area contributed by atoms with E-state index >= 15 is 0 Å². The predicted octanol–water partition coefficient (Wildman–Crippen LogP) is 5.28.